The van der Waals surface area contributed by atoms with E-state index >= 15 is 0 Å². The Labute approximate surface area is 102 Å². The topological polar surface area (TPSA) is 21.3 Å². The van der Waals surface area contributed by atoms with Gasteiger partial charge in [0.25, 0.3) is 0 Å². The lowest BCUT2D eigenvalue weighted by atomic mass is 9.94. The molecule has 1 fully saturated rings. The number of nitrogens with one attached hydrogen (secondary N) is 1. The SMILES string of the molecule is CNC(Cc1ccc(F)cc1)CC1CCOC1. The summed E-state index contributed by atoms with van der Waals surface area (Å²) in [5.41, 5.74) is 1.18. The maximum absolute atomic E-state index is 12.8. The van der Waals surface area contributed by atoms with E-state index in [9.17, 15) is 4.39 Å². The fraction of sp³-hybridized carbons (Fsp3) is 0.571. The third-order valence-electron chi connectivity index (χ3n) is 3.45. The molecule has 0 amide bonds. The smallest absolute Gasteiger partial charge is 0.123 e. The molecule has 0 bridgehead atoms. The molecule has 0 spiro atoms. The maximum Gasteiger partial charge on any atom is 0.123 e. The second kappa shape index (κ2) is 6.12. The van der Waals surface area contributed by atoms with Gasteiger partial charge < -0.3 is 10.1 Å². The van der Waals surface area contributed by atoms with Crippen molar-refractivity contribution in [3.8, 4) is 0 Å². The van der Waals surface area contributed by atoms with E-state index in [2.05, 4.69) is 5.32 Å². The van der Waals surface area contributed by atoms with Crippen LogP contribution in [0.5, 0.6) is 0 Å². The molecule has 3 heteroatoms. The molecule has 1 heterocycles. The Bertz CT molecular complexity index is 333. The molecule has 1 saturated heterocycles. The van der Waals surface area contributed by atoms with Crippen LogP contribution in [-0.4, -0.2) is 26.3 Å². The molecule has 0 aliphatic carbocycles. The van der Waals surface area contributed by atoms with Gasteiger partial charge in [0.05, 0.1) is 0 Å². The summed E-state index contributed by atoms with van der Waals surface area (Å²) in [7, 11) is 1.99. The number of likely N-dealkylation sites (N-methyl/N-ethyl adjacent to an activating group) is 1. The zero-order chi connectivity index (χ0) is 12.1. The molecule has 2 rings (SSSR count). The van der Waals surface area contributed by atoms with Gasteiger partial charge in [0.15, 0.2) is 0 Å². The number of rotatable bonds is 5. The van der Waals surface area contributed by atoms with Crippen LogP contribution in [0.2, 0.25) is 0 Å². The molecule has 1 aromatic carbocycles. The van der Waals surface area contributed by atoms with Crippen molar-refractivity contribution < 1.29 is 9.13 Å². The van der Waals surface area contributed by atoms with E-state index in [-0.39, 0.29) is 5.82 Å². The fourth-order valence-corrected chi connectivity index (χ4v) is 2.38. The lowest BCUT2D eigenvalue weighted by Gasteiger charge is -2.19. The number of ether oxygens (including phenoxy) is 1. The van der Waals surface area contributed by atoms with Crippen LogP contribution in [0.4, 0.5) is 4.39 Å². The quantitative estimate of drug-likeness (QED) is 0.849. The zero-order valence-corrected chi connectivity index (χ0v) is 10.3. The van der Waals surface area contributed by atoms with Crippen LogP contribution in [0, 0.1) is 11.7 Å². The molecule has 2 nitrogen and oxygen atoms in total. The largest absolute Gasteiger partial charge is 0.381 e. The molecule has 0 radical (unpaired) electrons. The normalized spacial score (nSPS) is 21.6. The lowest BCUT2D eigenvalue weighted by molar-refractivity contribution is 0.181. The number of benzene rings is 1. The highest BCUT2D eigenvalue weighted by Crippen LogP contribution is 2.20. The van der Waals surface area contributed by atoms with E-state index in [4.69, 9.17) is 4.74 Å². The Morgan fingerprint density at radius 2 is 2.18 bits per heavy atom. The summed E-state index contributed by atoms with van der Waals surface area (Å²) in [6.07, 6.45) is 3.25. The molecule has 0 saturated carbocycles. The molecule has 17 heavy (non-hydrogen) atoms. The first-order valence-electron chi connectivity index (χ1n) is 6.27. The second-order valence-corrected chi connectivity index (χ2v) is 4.78. The van der Waals surface area contributed by atoms with Gasteiger partial charge in [-0.15, -0.1) is 0 Å². The van der Waals surface area contributed by atoms with Crippen molar-refractivity contribution >= 4 is 0 Å². The summed E-state index contributed by atoms with van der Waals surface area (Å²) in [5, 5.41) is 3.34. The summed E-state index contributed by atoms with van der Waals surface area (Å²) in [4.78, 5) is 0. The van der Waals surface area contributed by atoms with Crippen LogP contribution in [0.1, 0.15) is 18.4 Å². The van der Waals surface area contributed by atoms with E-state index < -0.39 is 0 Å². The van der Waals surface area contributed by atoms with Crippen molar-refractivity contribution in [2.45, 2.75) is 25.3 Å². The highest BCUT2D eigenvalue weighted by molar-refractivity contribution is 5.17. The van der Waals surface area contributed by atoms with E-state index in [1.54, 1.807) is 0 Å². The molecule has 94 valence electrons. The predicted molar refractivity (Wildman–Crippen MR) is 66.5 cm³/mol. The summed E-state index contributed by atoms with van der Waals surface area (Å²) in [6.45, 7) is 1.79. The Balaban J connectivity index is 1.87. The first-order valence-corrected chi connectivity index (χ1v) is 6.27. The van der Waals surface area contributed by atoms with Gasteiger partial charge in [0.2, 0.25) is 0 Å². The molecule has 2 unspecified atom stereocenters. The highest BCUT2D eigenvalue weighted by atomic mass is 19.1. The Hall–Kier alpha value is -0.930. The van der Waals surface area contributed by atoms with E-state index in [0.717, 1.165) is 26.1 Å². The molecule has 1 aliphatic rings. The van der Waals surface area contributed by atoms with Gasteiger partial charge in [-0.1, -0.05) is 12.1 Å². The highest BCUT2D eigenvalue weighted by Gasteiger charge is 2.19. The summed E-state index contributed by atoms with van der Waals surface area (Å²) < 4.78 is 18.2. The van der Waals surface area contributed by atoms with Gasteiger partial charge in [0, 0.05) is 19.3 Å². The monoisotopic (exact) mass is 237 g/mol. The Morgan fingerprint density at radius 3 is 2.76 bits per heavy atom. The van der Waals surface area contributed by atoms with Crippen molar-refractivity contribution in [2.24, 2.45) is 5.92 Å². The first kappa shape index (κ1) is 12.5. The molecule has 2 atom stereocenters. The Morgan fingerprint density at radius 1 is 1.41 bits per heavy atom. The van der Waals surface area contributed by atoms with Crippen molar-refractivity contribution in [1.82, 2.24) is 5.32 Å². The van der Waals surface area contributed by atoms with Crippen molar-refractivity contribution in [2.75, 3.05) is 20.3 Å². The average molecular weight is 237 g/mol. The number of halogens is 1. The molecular weight excluding hydrogens is 217 g/mol. The van der Waals surface area contributed by atoms with Crippen molar-refractivity contribution in [1.29, 1.82) is 0 Å². The lowest BCUT2D eigenvalue weighted by Crippen LogP contribution is -2.30. The summed E-state index contributed by atoms with van der Waals surface area (Å²) in [5.74, 6) is 0.506. The molecule has 1 N–H and O–H groups in total. The van der Waals surface area contributed by atoms with Crippen LogP contribution >= 0.6 is 0 Å². The zero-order valence-electron chi connectivity index (χ0n) is 10.3. The van der Waals surface area contributed by atoms with Gasteiger partial charge in [-0.05, 0) is 49.9 Å². The van der Waals surface area contributed by atoms with E-state index in [1.807, 2.05) is 19.2 Å². The minimum absolute atomic E-state index is 0.168. The maximum atomic E-state index is 12.8. The van der Waals surface area contributed by atoms with E-state index in [0.29, 0.717) is 12.0 Å². The standard InChI is InChI=1S/C14H20FNO/c1-16-14(9-12-6-7-17-10-12)8-11-2-4-13(15)5-3-11/h2-5,12,14,16H,6-10H2,1H3. The van der Waals surface area contributed by atoms with Crippen LogP contribution in [0.3, 0.4) is 0 Å². The number of hydrogen-bond donors (Lipinski definition) is 1. The third-order valence-corrected chi connectivity index (χ3v) is 3.45. The van der Waals surface area contributed by atoms with Crippen molar-refractivity contribution in [3.05, 3.63) is 35.6 Å². The average Bonchev–Trinajstić information content (AvgIpc) is 2.84. The van der Waals surface area contributed by atoms with Crippen LogP contribution < -0.4 is 5.32 Å². The van der Waals surface area contributed by atoms with Crippen LogP contribution in [0.15, 0.2) is 24.3 Å². The van der Waals surface area contributed by atoms with Gasteiger partial charge in [0.1, 0.15) is 5.82 Å². The van der Waals surface area contributed by atoms with Gasteiger partial charge >= 0.3 is 0 Å². The fourth-order valence-electron chi connectivity index (χ4n) is 2.38. The van der Waals surface area contributed by atoms with Crippen LogP contribution in [0.25, 0.3) is 0 Å². The van der Waals surface area contributed by atoms with Gasteiger partial charge in [-0.2, -0.15) is 0 Å². The van der Waals surface area contributed by atoms with Crippen LogP contribution in [-0.2, 0) is 11.2 Å². The minimum Gasteiger partial charge on any atom is -0.381 e. The molecule has 1 aromatic rings. The Kier molecular flexibility index (Phi) is 4.51. The van der Waals surface area contributed by atoms with Crippen molar-refractivity contribution in [3.63, 3.8) is 0 Å². The second-order valence-electron chi connectivity index (χ2n) is 4.78. The van der Waals surface area contributed by atoms with E-state index in [1.165, 1.54) is 24.1 Å². The molecular formula is C14H20FNO. The molecule has 0 aromatic heterocycles. The number of hydrogen-bond acceptors (Lipinski definition) is 2. The molecule has 1 aliphatic heterocycles. The summed E-state index contributed by atoms with van der Waals surface area (Å²) >= 11 is 0. The summed E-state index contributed by atoms with van der Waals surface area (Å²) in [6, 6.07) is 7.24. The first-order chi connectivity index (χ1) is 8.28. The predicted octanol–water partition coefficient (Wildman–Crippen LogP) is 2.38. The van der Waals surface area contributed by atoms with Gasteiger partial charge in [-0.3, -0.25) is 0 Å². The van der Waals surface area contributed by atoms with Gasteiger partial charge in [-0.25, -0.2) is 4.39 Å². The minimum atomic E-state index is -0.168. The third kappa shape index (κ3) is 3.79.